The SMILES string of the molecule is CCOP(=O)(OCC)OCn1cc(CCN(C)C)c2cc(OC)ccc21. The number of hydrogen-bond donors (Lipinski definition) is 0. The molecule has 0 aliphatic heterocycles. The number of ether oxygens (including phenoxy) is 1. The van der Waals surface area contributed by atoms with E-state index in [0.717, 1.165) is 29.6 Å². The highest BCUT2D eigenvalue weighted by Gasteiger charge is 2.25. The van der Waals surface area contributed by atoms with E-state index in [0.29, 0.717) is 0 Å². The monoisotopic (exact) mass is 384 g/mol. The van der Waals surface area contributed by atoms with Crippen molar-refractivity contribution in [3.8, 4) is 5.75 Å². The molecule has 1 aromatic carbocycles. The highest BCUT2D eigenvalue weighted by atomic mass is 31.2. The predicted molar refractivity (Wildman–Crippen MR) is 103 cm³/mol. The van der Waals surface area contributed by atoms with Crippen LogP contribution in [0.5, 0.6) is 5.75 Å². The third-order valence-electron chi connectivity index (χ3n) is 3.93. The van der Waals surface area contributed by atoms with Crippen LogP contribution in [0.4, 0.5) is 0 Å². The molecule has 7 nitrogen and oxygen atoms in total. The van der Waals surface area contributed by atoms with Crippen LogP contribution in [-0.4, -0.2) is 50.4 Å². The van der Waals surface area contributed by atoms with Crippen molar-refractivity contribution in [3.05, 3.63) is 30.0 Å². The highest BCUT2D eigenvalue weighted by molar-refractivity contribution is 7.48. The lowest BCUT2D eigenvalue weighted by Crippen LogP contribution is -2.14. The molecule has 8 heteroatoms. The average molecular weight is 384 g/mol. The second-order valence-corrected chi connectivity index (χ2v) is 7.77. The van der Waals surface area contributed by atoms with Crippen LogP contribution < -0.4 is 4.74 Å². The van der Waals surface area contributed by atoms with E-state index in [2.05, 4.69) is 4.90 Å². The average Bonchev–Trinajstić information content (AvgIpc) is 2.95. The number of likely N-dealkylation sites (N-methyl/N-ethyl adjacent to an activating group) is 1. The third-order valence-corrected chi connectivity index (χ3v) is 5.51. The van der Waals surface area contributed by atoms with E-state index >= 15 is 0 Å². The van der Waals surface area contributed by atoms with Crippen molar-refractivity contribution in [1.29, 1.82) is 0 Å². The molecule has 1 heterocycles. The molecule has 0 aliphatic carbocycles. The van der Waals surface area contributed by atoms with Gasteiger partial charge in [0, 0.05) is 18.1 Å². The van der Waals surface area contributed by atoms with Crippen LogP contribution in [0.3, 0.4) is 0 Å². The molecule has 0 fully saturated rings. The number of aromatic nitrogens is 1. The minimum atomic E-state index is -3.55. The molecule has 26 heavy (non-hydrogen) atoms. The fourth-order valence-electron chi connectivity index (χ4n) is 2.69. The molecule has 2 rings (SSSR count). The Morgan fingerprint density at radius 1 is 1.12 bits per heavy atom. The molecule has 0 saturated heterocycles. The van der Waals surface area contributed by atoms with E-state index in [1.807, 2.05) is 43.1 Å². The second kappa shape index (κ2) is 9.53. The minimum Gasteiger partial charge on any atom is -0.497 e. The molecule has 0 spiro atoms. The van der Waals surface area contributed by atoms with E-state index < -0.39 is 7.82 Å². The van der Waals surface area contributed by atoms with Gasteiger partial charge in [0.2, 0.25) is 0 Å². The number of nitrogens with zero attached hydrogens (tertiary/aromatic N) is 2. The summed E-state index contributed by atoms with van der Waals surface area (Å²) < 4.78 is 35.7. The van der Waals surface area contributed by atoms with Crippen molar-refractivity contribution in [2.45, 2.75) is 27.0 Å². The summed E-state index contributed by atoms with van der Waals surface area (Å²) in [5, 5.41) is 1.09. The van der Waals surface area contributed by atoms with E-state index in [-0.39, 0.29) is 19.9 Å². The van der Waals surface area contributed by atoms with Crippen molar-refractivity contribution in [1.82, 2.24) is 9.47 Å². The topological polar surface area (TPSA) is 62.2 Å². The van der Waals surface area contributed by atoms with E-state index in [4.69, 9.17) is 18.3 Å². The molecule has 0 amide bonds. The summed E-state index contributed by atoms with van der Waals surface area (Å²) in [6.07, 6.45) is 2.91. The highest BCUT2D eigenvalue weighted by Crippen LogP contribution is 2.49. The lowest BCUT2D eigenvalue weighted by Gasteiger charge is -2.17. The van der Waals surface area contributed by atoms with Crippen molar-refractivity contribution in [3.63, 3.8) is 0 Å². The molecule has 0 saturated carbocycles. The normalized spacial score (nSPS) is 12.2. The van der Waals surface area contributed by atoms with Gasteiger partial charge in [-0.25, -0.2) is 4.57 Å². The number of methoxy groups -OCH3 is 1. The van der Waals surface area contributed by atoms with Crippen LogP contribution in [-0.2, 0) is 31.3 Å². The van der Waals surface area contributed by atoms with Gasteiger partial charge < -0.3 is 14.2 Å². The van der Waals surface area contributed by atoms with Crippen molar-refractivity contribution < 1.29 is 22.9 Å². The maximum atomic E-state index is 12.5. The molecule has 0 bridgehead atoms. The zero-order valence-electron chi connectivity index (χ0n) is 16.2. The van der Waals surface area contributed by atoms with Gasteiger partial charge in [-0.15, -0.1) is 0 Å². The van der Waals surface area contributed by atoms with Crippen molar-refractivity contribution >= 4 is 18.7 Å². The summed E-state index contributed by atoms with van der Waals surface area (Å²) in [5.41, 5.74) is 2.16. The summed E-state index contributed by atoms with van der Waals surface area (Å²) in [5.74, 6) is 0.802. The summed E-state index contributed by atoms with van der Waals surface area (Å²) in [6.45, 7) is 5.04. The summed E-state index contributed by atoms with van der Waals surface area (Å²) in [6, 6.07) is 5.89. The van der Waals surface area contributed by atoms with E-state index in [9.17, 15) is 4.57 Å². The molecular weight excluding hydrogens is 355 g/mol. The summed E-state index contributed by atoms with van der Waals surface area (Å²) in [7, 11) is 2.19. The minimum absolute atomic E-state index is 0.0854. The third kappa shape index (κ3) is 5.32. The van der Waals surface area contributed by atoms with Gasteiger partial charge in [-0.05, 0) is 58.1 Å². The number of rotatable bonds is 11. The second-order valence-electron chi connectivity index (χ2n) is 6.10. The zero-order chi connectivity index (χ0) is 19.2. The molecule has 0 radical (unpaired) electrons. The first-order valence-corrected chi connectivity index (χ1v) is 10.2. The van der Waals surface area contributed by atoms with Gasteiger partial charge in [0.15, 0.2) is 0 Å². The van der Waals surface area contributed by atoms with Gasteiger partial charge in [-0.3, -0.25) is 13.6 Å². The Morgan fingerprint density at radius 2 is 1.81 bits per heavy atom. The molecule has 146 valence electrons. The van der Waals surface area contributed by atoms with Crippen LogP contribution in [0, 0.1) is 0 Å². The maximum absolute atomic E-state index is 12.5. The lowest BCUT2D eigenvalue weighted by molar-refractivity contribution is 0.0978. The van der Waals surface area contributed by atoms with Crippen LogP contribution in [0.2, 0.25) is 0 Å². The van der Waals surface area contributed by atoms with E-state index in [1.165, 1.54) is 5.56 Å². The van der Waals surface area contributed by atoms with Crippen LogP contribution in [0.1, 0.15) is 19.4 Å². The fraction of sp³-hybridized carbons (Fsp3) is 0.556. The molecule has 0 unspecified atom stereocenters. The summed E-state index contributed by atoms with van der Waals surface area (Å²) >= 11 is 0. The van der Waals surface area contributed by atoms with Gasteiger partial charge in [0.05, 0.1) is 25.8 Å². The van der Waals surface area contributed by atoms with Crippen molar-refractivity contribution in [2.75, 3.05) is 41.0 Å². The number of fused-ring (bicyclic) bond motifs is 1. The zero-order valence-corrected chi connectivity index (χ0v) is 17.1. The molecule has 1 aromatic heterocycles. The standard InChI is InChI=1S/C18H29N2O5P/c1-6-23-26(21,24-7-2)25-14-20-13-15(10-11-19(3)4)17-12-16(22-5)8-9-18(17)20/h8-9,12-13H,6-7,10-11,14H2,1-5H3. The van der Waals surface area contributed by atoms with Gasteiger partial charge in [-0.2, -0.15) is 0 Å². The Morgan fingerprint density at radius 3 is 2.38 bits per heavy atom. The smallest absolute Gasteiger partial charge is 0.476 e. The van der Waals surface area contributed by atoms with Gasteiger partial charge in [0.25, 0.3) is 0 Å². The summed E-state index contributed by atoms with van der Waals surface area (Å²) in [4.78, 5) is 2.14. The van der Waals surface area contributed by atoms with E-state index in [1.54, 1.807) is 21.0 Å². The fourth-order valence-corrected chi connectivity index (χ4v) is 3.81. The largest absolute Gasteiger partial charge is 0.497 e. The number of phosphoric acid groups is 1. The van der Waals surface area contributed by atoms with Crippen molar-refractivity contribution in [2.24, 2.45) is 0 Å². The number of phosphoric ester groups is 1. The lowest BCUT2D eigenvalue weighted by atomic mass is 10.1. The first-order chi connectivity index (χ1) is 12.4. The maximum Gasteiger partial charge on any atom is 0.476 e. The Balaban J connectivity index is 2.29. The first-order valence-electron chi connectivity index (χ1n) is 8.76. The molecule has 0 aliphatic rings. The van der Waals surface area contributed by atoms with Gasteiger partial charge >= 0.3 is 7.82 Å². The number of benzene rings is 1. The molecular formula is C18H29N2O5P. The van der Waals surface area contributed by atoms with Gasteiger partial charge in [0.1, 0.15) is 12.5 Å². The molecule has 2 aromatic rings. The van der Waals surface area contributed by atoms with Crippen LogP contribution >= 0.6 is 7.82 Å². The van der Waals surface area contributed by atoms with Gasteiger partial charge in [-0.1, -0.05) is 0 Å². The molecule has 0 atom stereocenters. The Kier molecular flexibility index (Phi) is 7.68. The number of hydrogen-bond acceptors (Lipinski definition) is 6. The predicted octanol–water partition coefficient (Wildman–Crippen LogP) is 3.91. The Labute approximate surface area is 155 Å². The quantitative estimate of drug-likeness (QED) is 0.548. The Hall–Kier alpha value is -1.37. The first kappa shape index (κ1) is 20.9. The van der Waals surface area contributed by atoms with Crippen LogP contribution in [0.15, 0.2) is 24.4 Å². The van der Waals surface area contributed by atoms with Crippen LogP contribution in [0.25, 0.3) is 10.9 Å². The molecule has 0 N–H and O–H groups in total. The Bertz CT molecular complexity index is 749.